The quantitative estimate of drug-likeness (QED) is 0.838. The van der Waals surface area contributed by atoms with E-state index >= 15 is 0 Å². The molecule has 0 spiro atoms. The highest BCUT2D eigenvalue weighted by Crippen LogP contribution is 2.52. The largest absolute Gasteiger partial charge is 0.464 e. The summed E-state index contributed by atoms with van der Waals surface area (Å²) in [4.78, 5) is 16.3. The molecule has 1 aliphatic carbocycles. The molecule has 0 bridgehead atoms. The minimum absolute atomic E-state index is 0.0922. The Kier molecular flexibility index (Phi) is 3.76. The third-order valence-corrected chi connectivity index (χ3v) is 5.54. The zero-order valence-corrected chi connectivity index (χ0v) is 14.5. The Morgan fingerprint density at radius 1 is 1.42 bits per heavy atom. The zero-order chi connectivity index (χ0) is 16.8. The zero-order valence-electron chi connectivity index (χ0n) is 13.8. The molecule has 0 radical (unpaired) electrons. The number of aromatic nitrogens is 2. The number of anilines is 1. The van der Waals surface area contributed by atoms with Crippen LogP contribution >= 0.6 is 11.6 Å². The lowest BCUT2D eigenvalue weighted by molar-refractivity contribution is 0.0594. The Labute approximate surface area is 146 Å². The lowest BCUT2D eigenvalue weighted by Gasteiger charge is -2.37. The number of ether oxygens (including phenoxy) is 1. The number of benzene rings is 1. The van der Waals surface area contributed by atoms with Crippen LogP contribution in [0.1, 0.15) is 53.1 Å². The summed E-state index contributed by atoms with van der Waals surface area (Å²) in [6.07, 6.45) is 5.26. The maximum atomic E-state index is 11.8. The highest BCUT2D eigenvalue weighted by Gasteiger charge is 2.42. The highest BCUT2D eigenvalue weighted by molar-refractivity contribution is 6.30. The van der Waals surface area contributed by atoms with Gasteiger partial charge in [-0.2, -0.15) is 0 Å². The van der Waals surface area contributed by atoms with Crippen molar-refractivity contribution in [1.29, 1.82) is 0 Å². The van der Waals surface area contributed by atoms with Crippen molar-refractivity contribution in [1.82, 2.24) is 9.55 Å². The number of nitrogens with one attached hydrogen (secondary N) is 1. The van der Waals surface area contributed by atoms with Crippen molar-refractivity contribution in [2.75, 3.05) is 12.4 Å². The number of nitrogens with zero attached hydrogens (tertiary/aromatic N) is 2. The van der Waals surface area contributed by atoms with Gasteiger partial charge < -0.3 is 14.6 Å². The molecule has 5 nitrogen and oxygen atoms in total. The second kappa shape index (κ2) is 5.81. The smallest absolute Gasteiger partial charge is 0.358 e. The summed E-state index contributed by atoms with van der Waals surface area (Å²) >= 11 is 6.20. The van der Waals surface area contributed by atoms with Crippen molar-refractivity contribution in [2.24, 2.45) is 13.0 Å². The molecule has 2 aromatic rings. The van der Waals surface area contributed by atoms with Gasteiger partial charge in [0.15, 0.2) is 5.69 Å². The first-order valence-electron chi connectivity index (χ1n) is 8.26. The van der Waals surface area contributed by atoms with Crippen LogP contribution < -0.4 is 5.32 Å². The Bertz CT molecular complexity index is 802. The number of methoxy groups -OCH3 is 1. The molecule has 2 heterocycles. The van der Waals surface area contributed by atoms with E-state index < -0.39 is 5.97 Å². The Balaban J connectivity index is 1.75. The van der Waals surface area contributed by atoms with Crippen LogP contribution in [0.2, 0.25) is 5.02 Å². The number of rotatable bonds is 2. The minimum atomic E-state index is -0.400. The standard InChI is InChI=1S/C18H20ClN3O2/c1-22-9-15(18(23)24-2)21-17(22)16-12-5-3-4-11(12)13-8-10(19)6-7-14(13)20-16/h6-9,11-12,16,20H,3-5H2,1-2H3. The van der Waals surface area contributed by atoms with E-state index in [0.29, 0.717) is 17.5 Å². The summed E-state index contributed by atoms with van der Waals surface area (Å²) in [6, 6.07) is 6.14. The van der Waals surface area contributed by atoms with E-state index in [9.17, 15) is 4.79 Å². The second-order valence-corrected chi connectivity index (χ2v) is 7.08. The van der Waals surface area contributed by atoms with Crippen molar-refractivity contribution in [3.05, 3.63) is 46.5 Å². The van der Waals surface area contributed by atoms with Crippen LogP contribution in [0.25, 0.3) is 0 Å². The van der Waals surface area contributed by atoms with Gasteiger partial charge >= 0.3 is 5.97 Å². The van der Waals surface area contributed by atoms with Crippen LogP contribution in [0.3, 0.4) is 0 Å². The van der Waals surface area contributed by atoms with Gasteiger partial charge in [-0.1, -0.05) is 18.0 Å². The number of carbonyl (C=O) groups excluding carboxylic acids is 1. The maximum absolute atomic E-state index is 11.8. The predicted octanol–water partition coefficient (Wildman–Crippen LogP) is 3.91. The maximum Gasteiger partial charge on any atom is 0.358 e. The van der Waals surface area contributed by atoms with Gasteiger partial charge in [-0.15, -0.1) is 0 Å². The third kappa shape index (κ3) is 2.38. The third-order valence-electron chi connectivity index (χ3n) is 5.31. The molecule has 1 aliphatic heterocycles. The fourth-order valence-electron chi connectivity index (χ4n) is 4.25. The Hall–Kier alpha value is -2.01. The van der Waals surface area contributed by atoms with Gasteiger partial charge in [0.05, 0.1) is 13.2 Å². The van der Waals surface area contributed by atoms with Crippen molar-refractivity contribution in [2.45, 2.75) is 31.2 Å². The molecule has 1 fully saturated rings. The summed E-state index contributed by atoms with van der Waals surface area (Å²) in [5.41, 5.74) is 2.78. The fourth-order valence-corrected chi connectivity index (χ4v) is 4.43. The highest BCUT2D eigenvalue weighted by atomic mass is 35.5. The monoisotopic (exact) mass is 345 g/mol. The van der Waals surface area contributed by atoms with Gasteiger partial charge in [0.1, 0.15) is 5.82 Å². The molecule has 0 amide bonds. The van der Waals surface area contributed by atoms with Crippen LogP contribution in [-0.2, 0) is 11.8 Å². The number of imidazole rings is 1. The van der Waals surface area contributed by atoms with E-state index in [4.69, 9.17) is 16.3 Å². The summed E-state index contributed by atoms with van der Waals surface area (Å²) in [5.74, 6) is 1.43. The molecule has 4 rings (SSSR count). The first-order chi connectivity index (χ1) is 11.6. The lowest BCUT2D eigenvalue weighted by atomic mass is 9.79. The van der Waals surface area contributed by atoms with Gasteiger partial charge in [-0.05, 0) is 48.4 Å². The first-order valence-corrected chi connectivity index (χ1v) is 8.64. The average Bonchev–Trinajstić information content (AvgIpc) is 3.20. The van der Waals surface area contributed by atoms with Crippen molar-refractivity contribution in [3.8, 4) is 0 Å². The number of aryl methyl sites for hydroxylation is 1. The number of carbonyl (C=O) groups is 1. The molecule has 24 heavy (non-hydrogen) atoms. The molecule has 2 aliphatic rings. The van der Waals surface area contributed by atoms with E-state index in [-0.39, 0.29) is 6.04 Å². The predicted molar refractivity (Wildman–Crippen MR) is 92.4 cm³/mol. The van der Waals surface area contributed by atoms with Gasteiger partial charge in [-0.3, -0.25) is 0 Å². The van der Waals surface area contributed by atoms with Crippen LogP contribution in [0, 0.1) is 5.92 Å². The van der Waals surface area contributed by atoms with E-state index in [2.05, 4.69) is 16.4 Å². The number of halogens is 1. The summed E-state index contributed by atoms with van der Waals surface area (Å²) in [7, 11) is 3.31. The summed E-state index contributed by atoms with van der Waals surface area (Å²) < 4.78 is 6.73. The SMILES string of the molecule is COC(=O)c1cn(C)c(C2Nc3ccc(Cl)cc3C3CCCC32)n1. The van der Waals surface area contributed by atoms with Crippen molar-refractivity contribution >= 4 is 23.3 Å². The van der Waals surface area contributed by atoms with E-state index in [1.165, 1.54) is 25.5 Å². The normalized spacial score (nSPS) is 24.9. The molecule has 126 valence electrons. The van der Waals surface area contributed by atoms with Gasteiger partial charge in [0.25, 0.3) is 0 Å². The molecular formula is C18H20ClN3O2. The molecule has 1 N–H and O–H groups in total. The van der Waals surface area contributed by atoms with Gasteiger partial charge in [0, 0.05) is 24.0 Å². The number of hydrogen-bond acceptors (Lipinski definition) is 4. The van der Waals surface area contributed by atoms with Gasteiger partial charge in [-0.25, -0.2) is 9.78 Å². The van der Waals surface area contributed by atoms with Crippen molar-refractivity contribution in [3.63, 3.8) is 0 Å². The number of esters is 1. The molecule has 0 saturated heterocycles. The molecule has 1 aromatic heterocycles. The van der Waals surface area contributed by atoms with E-state index in [1.54, 1.807) is 6.20 Å². The fraction of sp³-hybridized carbons (Fsp3) is 0.444. The molecule has 3 atom stereocenters. The second-order valence-electron chi connectivity index (χ2n) is 6.64. The molecule has 1 aromatic carbocycles. The van der Waals surface area contributed by atoms with E-state index in [1.807, 2.05) is 23.7 Å². The van der Waals surface area contributed by atoms with Crippen molar-refractivity contribution < 1.29 is 9.53 Å². The van der Waals surface area contributed by atoms with Crippen LogP contribution in [-0.4, -0.2) is 22.6 Å². The topological polar surface area (TPSA) is 56.1 Å². The molecule has 6 heteroatoms. The summed E-state index contributed by atoms with van der Waals surface area (Å²) in [6.45, 7) is 0. The average molecular weight is 346 g/mol. The molecule has 3 unspecified atom stereocenters. The summed E-state index contributed by atoms with van der Waals surface area (Å²) in [5, 5.41) is 4.41. The van der Waals surface area contributed by atoms with Crippen LogP contribution in [0.5, 0.6) is 0 Å². The first kappa shape index (κ1) is 15.5. The minimum Gasteiger partial charge on any atom is -0.464 e. The van der Waals surface area contributed by atoms with Gasteiger partial charge in [0.2, 0.25) is 0 Å². The Morgan fingerprint density at radius 3 is 3.04 bits per heavy atom. The Morgan fingerprint density at radius 2 is 2.25 bits per heavy atom. The number of fused-ring (bicyclic) bond motifs is 3. The molecule has 1 saturated carbocycles. The van der Waals surface area contributed by atoms with Crippen LogP contribution in [0.4, 0.5) is 5.69 Å². The van der Waals surface area contributed by atoms with E-state index in [0.717, 1.165) is 23.0 Å². The number of hydrogen-bond donors (Lipinski definition) is 1. The lowest BCUT2D eigenvalue weighted by Crippen LogP contribution is -2.30. The molecular weight excluding hydrogens is 326 g/mol. The van der Waals surface area contributed by atoms with Crippen LogP contribution in [0.15, 0.2) is 24.4 Å².